The molecule has 1 heterocycles. The average molecular weight is 442 g/mol. The standard InChI is InChI=1S/C21H16BrNO3S/c22-18-12-16(24)11-17(20(18)26)21(14-7-3-1-4-8-14)23(19(25)13-27-21)15-9-5-2-6-10-15/h1-12,24,26H,13H2. The number of aromatic hydroxyl groups is 2. The fourth-order valence-electron chi connectivity index (χ4n) is 3.45. The monoisotopic (exact) mass is 441 g/mol. The third-order valence-electron chi connectivity index (χ3n) is 4.56. The summed E-state index contributed by atoms with van der Waals surface area (Å²) in [5.74, 6) is 0.211. The van der Waals surface area contributed by atoms with Gasteiger partial charge in [-0.1, -0.05) is 48.5 Å². The molecule has 4 rings (SSSR count). The van der Waals surface area contributed by atoms with Gasteiger partial charge in [0.05, 0.1) is 10.2 Å². The minimum Gasteiger partial charge on any atom is -0.508 e. The summed E-state index contributed by atoms with van der Waals surface area (Å²) in [4.78, 5) is 13.7. The van der Waals surface area contributed by atoms with Crippen LogP contribution in [-0.2, 0) is 9.67 Å². The number of amides is 1. The second-order valence-corrected chi connectivity index (χ2v) is 8.21. The van der Waals surface area contributed by atoms with Crippen molar-refractivity contribution < 1.29 is 15.0 Å². The number of carbonyl (C=O) groups is 1. The molecule has 1 saturated heterocycles. The molecule has 0 spiro atoms. The highest BCUT2D eigenvalue weighted by molar-refractivity contribution is 9.10. The minimum absolute atomic E-state index is 0.000200. The second-order valence-electron chi connectivity index (χ2n) is 6.19. The predicted octanol–water partition coefficient (Wildman–Crippen LogP) is 4.84. The van der Waals surface area contributed by atoms with E-state index in [2.05, 4.69) is 15.9 Å². The molecule has 1 amide bonds. The summed E-state index contributed by atoms with van der Waals surface area (Å²) in [6.45, 7) is 0. The Bertz CT molecular complexity index is 997. The Labute approximate surface area is 169 Å². The van der Waals surface area contributed by atoms with Crippen molar-refractivity contribution in [2.45, 2.75) is 4.87 Å². The Morgan fingerprint density at radius 3 is 2.26 bits per heavy atom. The highest BCUT2D eigenvalue weighted by atomic mass is 79.9. The van der Waals surface area contributed by atoms with Gasteiger partial charge in [-0.15, -0.1) is 11.8 Å². The van der Waals surface area contributed by atoms with E-state index in [-0.39, 0.29) is 23.2 Å². The first-order chi connectivity index (χ1) is 13.0. The number of thioether (sulfide) groups is 1. The second kappa shape index (κ2) is 6.94. The molecule has 1 aliphatic rings. The SMILES string of the molecule is O=C1CSC(c2ccccc2)(c2cc(O)cc(Br)c2O)N1c1ccccc1. The number of anilines is 1. The zero-order valence-electron chi connectivity index (χ0n) is 14.2. The van der Waals surface area contributed by atoms with E-state index in [1.807, 2.05) is 60.7 Å². The van der Waals surface area contributed by atoms with Crippen LogP contribution in [0.3, 0.4) is 0 Å². The predicted molar refractivity (Wildman–Crippen MR) is 111 cm³/mol. The maximum absolute atomic E-state index is 13.0. The number of hydrogen-bond donors (Lipinski definition) is 2. The van der Waals surface area contributed by atoms with Gasteiger partial charge in [-0.2, -0.15) is 0 Å². The number of nitrogens with zero attached hydrogens (tertiary/aromatic N) is 1. The molecule has 27 heavy (non-hydrogen) atoms. The molecule has 0 radical (unpaired) electrons. The number of carbonyl (C=O) groups excluding carboxylic acids is 1. The van der Waals surface area contributed by atoms with Crippen LogP contribution in [0, 0.1) is 0 Å². The normalized spacial score (nSPS) is 19.4. The summed E-state index contributed by atoms with van der Waals surface area (Å²) < 4.78 is 0.376. The topological polar surface area (TPSA) is 60.8 Å². The maximum atomic E-state index is 13.0. The summed E-state index contributed by atoms with van der Waals surface area (Å²) in [5, 5.41) is 21.1. The molecular formula is C21H16BrNO3S. The molecule has 1 fully saturated rings. The van der Waals surface area contributed by atoms with E-state index < -0.39 is 4.87 Å². The fraction of sp³-hybridized carbons (Fsp3) is 0.0952. The Balaban J connectivity index is 2.06. The number of rotatable bonds is 3. The van der Waals surface area contributed by atoms with Crippen molar-refractivity contribution in [3.8, 4) is 11.5 Å². The Morgan fingerprint density at radius 2 is 1.59 bits per heavy atom. The molecule has 0 bridgehead atoms. The van der Waals surface area contributed by atoms with Crippen LogP contribution in [0.2, 0.25) is 0 Å². The van der Waals surface area contributed by atoms with Crippen LogP contribution in [0.1, 0.15) is 11.1 Å². The first kappa shape index (κ1) is 17.9. The first-order valence-electron chi connectivity index (χ1n) is 8.33. The van der Waals surface area contributed by atoms with Crippen molar-refractivity contribution in [3.63, 3.8) is 0 Å². The van der Waals surface area contributed by atoms with Gasteiger partial charge in [-0.25, -0.2) is 0 Å². The van der Waals surface area contributed by atoms with Crippen molar-refractivity contribution in [1.82, 2.24) is 0 Å². The number of hydrogen-bond acceptors (Lipinski definition) is 4. The van der Waals surface area contributed by atoms with Crippen LogP contribution in [0.5, 0.6) is 11.5 Å². The van der Waals surface area contributed by atoms with E-state index in [0.29, 0.717) is 10.0 Å². The van der Waals surface area contributed by atoms with E-state index in [1.165, 1.54) is 23.9 Å². The van der Waals surface area contributed by atoms with Gasteiger partial charge in [0.15, 0.2) is 0 Å². The maximum Gasteiger partial charge on any atom is 0.238 e. The third kappa shape index (κ3) is 2.89. The number of para-hydroxylation sites is 1. The number of halogens is 1. The van der Waals surface area contributed by atoms with Crippen LogP contribution in [0.4, 0.5) is 5.69 Å². The van der Waals surface area contributed by atoms with Crippen molar-refractivity contribution in [2.75, 3.05) is 10.7 Å². The summed E-state index contributed by atoms with van der Waals surface area (Å²) in [6, 6.07) is 21.9. The lowest BCUT2D eigenvalue weighted by molar-refractivity contribution is -0.116. The Kier molecular flexibility index (Phi) is 4.61. The molecule has 136 valence electrons. The number of benzene rings is 3. The minimum atomic E-state index is -0.995. The third-order valence-corrected chi connectivity index (χ3v) is 6.61. The smallest absolute Gasteiger partial charge is 0.238 e. The molecule has 0 aliphatic carbocycles. The summed E-state index contributed by atoms with van der Waals surface area (Å²) in [7, 11) is 0. The van der Waals surface area contributed by atoms with Gasteiger partial charge in [0.2, 0.25) is 5.91 Å². The van der Waals surface area contributed by atoms with Gasteiger partial charge in [0.25, 0.3) is 0 Å². The van der Waals surface area contributed by atoms with Gasteiger partial charge < -0.3 is 10.2 Å². The zero-order valence-corrected chi connectivity index (χ0v) is 16.6. The Hall–Kier alpha value is -2.44. The van der Waals surface area contributed by atoms with Crippen molar-refractivity contribution in [2.24, 2.45) is 0 Å². The lowest BCUT2D eigenvalue weighted by atomic mass is 9.94. The number of phenols is 2. The van der Waals surface area contributed by atoms with E-state index in [4.69, 9.17) is 0 Å². The molecule has 2 N–H and O–H groups in total. The van der Waals surface area contributed by atoms with E-state index >= 15 is 0 Å². The van der Waals surface area contributed by atoms with Gasteiger partial charge in [-0.05, 0) is 45.8 Å². The van der Waals surface area contributed by atoms with Crippen LogP contribution in [-0.4, -0.2) is 21.9 Å². The largest absolute Gasteiger partial charge is 0.508 e. The summed E-state index contributed by atoms with van der Waals surface area (Å²) in [6.07, 6.45) is 0. The van der Waals surface area contributed by atoms with Crippen LogP contribution in [0.25, 0.3) is 0 Å². The highest BCUT2D eigenvalue weighted by Gasteiger charge is 2.51. The van der Waals surface area contributed by atoms with Crippen molar-refractivity contribution in [3.05, 3.63) is 88.4 Å². The van der Waals surface area contributed by atoms with Gasteiger partial charge >= 0.3 is 0 Å². The molecule has 0 aromatic heterocycles. The summed E-state index contributed by atoms with van der Waals surface area (Å²) >= 11 is 4.73. The molecule has 3 aromatic carbocycles. The number of phenolic OH excluding ortho intramolecular Hbond substituents is 2. The molecule has 1 unspecified atom stereocenters. The molecule has 6 heteroatoms. The first-order valence-corrected chi connectivity index (χ1v) is 10.1. The average Bonchev–Trinajstić information content (AvgIpc) is 3.04. The van der Waals surface area contributed by atoms with Crippen LogP contribution in [0.15, 0.2) is 77.3 Å². The van der Waals surface area contributed by atoms with Gasteiger partial charge in [0.1, 0.15) is 16.4 Å². The van der Waals surface area contributed by atoms with Crippen molar-refractivity contribution in [1.29, 1.82) is 0 Å². The van der Waals surface area contributed by atoms with Gasteiger partial charge in [-0.3, -0.25) is 9.69 Å². The molecule has 3 aromatic rings. The van der Waals surface area contributed by atoms with Crippen LogP contribution < -0.4 is 4.90 Å². The van der Waals surface area contributed by atoms with E-state index in [0.717, 1.165) is 11.3 Å². The highest BCUT2D eigenvalue weighted by Crippen LogP contribution is 2.55. The lowest BCUT2D eigenvalue weighted by Crippen LogP contribution is -2.43. The molecule has 1 atom stereocenters. The van der Waals surface area contributed by atoms with E-state index in [9.17, 15) is 15.0 Å². The van der Waals surface area contributed by atoms with Gasteiger partial charge in [0, 0.05) is 11.3 Å². The van der Waals surface area contributed by atoms with Crippen molar-refractivity contribution >= 4 is 39.3 Å². The Morgan fingerprint density at radius 1 is 0.963 bits per heavy atom. The van der Waals surface area contributed by atoms with E-state index in [1.54, 1.807) is 4.90 Å². The molecular weight excluding hydrogens is 426 g/mol. The molecule has 1 aliphatic heterocycles. The molecule has 0 saturated carbocycles. The zero-order chi connectivity index (χ0) is 19.0. The quantitative estimate of drug-likeness (QED) is 0.570. The summed E-state index contributed by atoms with van der Waals surface area (Å²) in [5.41, 5.74) is 2.04. The fourth-order valence-corrected chi connectivity index (χ4v) is 5.31. The lowest BCUT2D eigenvalue weighted by Gasteiger charge is -2.39. The van der Waals surface area contributed by atoms with Crippen LogP contribution >= 0.6 is 27.7 Å². The molecule has 4 nitrogen and oxygen atoms in total.